The molecule has 0 aliphatic carbocycles. The summed E-state index contributed by atoms with van der Waals surface area (Å²) in [6.45, 7) is -0.101. The minimum absolute atomic E-state index is 0.0888. The molecule has 1 amide bonds. The zero-order valence-corrected chi connectivity index (χ0v) is 14.7. The van der Waals surface area contributed by atoms with E-state index in [0.717, 1.165) is 16.8 Å². The SMILES string of the molecule is O=CN(CCF)Cc1ccc(Nc2nc(-c3cccc(F)c3)cs2)cc1. The van der Waals surface area contributed by atoms with Crippen molar-refractivity contribution in [3.05, 3.63) is 65.3 Å². The number of thiazole rings is 1. The van der Waals surface area contributed by atoms with Gasteiger partial charge in [-0.05, 0) is 29.8 Å². The number of benzene rings is 2. The lowest BCUT2D eigenvalue weighted by molar-refractivity contribution is -0.118. The highest BCUT2D eigenvalue weighted by Crippen LogP contribution is 2.27. The molecule has 7 heteroatoms. The van der Waals surface area contributed by atoms with Crippen LogP contribution in [0, 0.1) is 5.82 Å². The Bertz CT molecular complexity index is 867. The zero-order chi connectivity index (χ0) is 18.4. The number of nitrogens with zero attached hydrogens (tertiary/aromatic N) is 2. The van der Waals surface area contributed by atoms with E-state index >= 15 is 0 Å². The molecule has 2 aromatic carbocycles. The number of anilines is 2. The van der Waals surface area contributed by atoms with Gasteiger partial charge in [0.2, 0.25) is 6.41 Å². The van der Waals surface area contributed by atoms with E-state index in [0.29, 0.717) is 23.8 Å². The fourth-order valence-corrected chi connectivity index (χ4v) is 3.18. The van der Waals surface area contributed by atoms with Crippen LogP contribution >= 0.6 is 11.3 Å². The second-order valence-electron chi connectivity index (χ2n) is 5.64. The van der Waals surface area contributed by atoms with Crippen LogP contribution in [0.3, 0.4) is 0 Å². The number of hydrogen-bond acceptors (Lipinski definition) is 4. The first-order chi connectivity index (χ1) is 12.7. The molecule has 0 spiro atoms. The molecule has 0 saturated carbocycles. The fourth-order valence-electron chi connectivity index (χ4n) is 2.44. The Labute approximate surface area is 154 Å². The predicted molar refractivity (Wildman–Crippen MR) is 99.7 cm³/mol. The van der Waals surface area contributed by atoms with Crippen LogP contribution in [0.15, 0.2) is 53.9 Å². The van der Waals surface area contributed by atoms with Gasteiger partial charge < -0.3 is 10.2 Å². The number of nitrogens with one attached hydrogen (secondary N) is 1. The van der Waals surface area contributed by atoms with E-state index in [1.165, 1.54) is 28.4 Å². The summed E-state index contributed by atoms with van der Waals surface area (Å²) < 4.78 is 25.7. The van der Waals surface area contributed by atoms with Crippen molar-refractivity contribution in [2.45, 2.75) is 6.54 Å². The van der Waals surface area contributed by atoms with Crippen LogP contribution in [0.2, 0.25) is 0 Å². The van der Waals surface area contributed by atoms with Crippen LogP contribution < -0.4 is 5.32 Å². The van der Waals surface area contributed by atoms with Crippen molar-refractivity contribution in [3.63, 3.8) is 0 Å². The minimum Gasteiger partial charge on any atom is -0.338 e. The predicted octanol–water partition coefficient (Wildman–Crippen LogP) is 4.62. The number of alkyl halides is 1. The van der Waals surface area contributed by atoms with Crippen LogP contribution in [0.4, 0.5) is 19.6 Å². The third kappa shape index (κ3) is 4.64. The summed E-state index contributed by atoms with van der Waals surface area (Å²) in [6, 6.07) is 13.8. The molecule has 1 heterocycles. The second kappa shape index (κ2) is 8.53. The average molecular weight is 373 g/mol. The van der Waals surface area contributed by atoms with E-state index in [-0.39, 0.29) is 12.4 Å². The van der Waals surface area contributed by atoms with Gasteiger partial charge in [-0.1, -0.05) is 24.3 Å². The van der Waals surface area contributed by atoms with Gasteiger partial charge in [-0.15, -0.1) is 11.3 Å². The quantitative estimate of drug-likeness (QED) is 0.586. The highest BCUT2D eigenvalue weighted by Gasteiger charge is 2.07. The molecular weight excluding hydrogens is 356 g/mol. The minimum atomic E-state index is -0.559. The van der Waals surface area contributed by atoms with Gasteiger partial charge in [-0.25, -0.2) is 13.8 Å². The van der Waals surface area contributed by atoms with Crippen LogP contribution in [0.1, 0.15) is 5.56 Å². The Morgan fingerprint density at radius 2 is 2.00 bits per heavy atom. The van der Waals surface area contributed by atoms with Crippen LogP contribution in [-0.4, -0.2) is 29.5 Å². The maximum Gasteiger partial charge on any atom is 0.210 e. The molecule has 1 aromatic heterocycles. The van der Waals surface area contributed by atoms with Crippen LogP contribution in [-0.2, 0) is 11.3 Å². The molecule has 1 N–H and O–H groups in total. The summed E-state index contributed by atoms with van der Waals surface area (Å²) in [5.74, 6) is -0.294. The lowest BCUT2D eigenvalue weighted by Gasteiger charge is -2.15. The van der Waals surface area contributed by atoms with Crippen molar-refractivity contribution >= 4 is 28.6 Å². The van der Waals surface area contributed by atoms with Gasteiger partial charge in [0.15, 0.2) is 5.13 Å². The molecule has 0 atom stereocenters. The van der Waals surface area contributed by atoms with E-state index in [2.05, 4.69) is 10.3 Å². The molecule has 134 valence electrons. The Kier molecular flexibility index (Phi) is 5.91. The highest BCUT2D eigenvalue weighted by molar-refractivity contribution is 7.14. The smallest absolute Gasteiger partial charge is 0.210 e. The Balaban J connectivity index is 1.65. The number of halogens is 2. The fraction of sp³-hybridized carbons (Fsp3) is 0.158. The first-order valence-electron chi connectivity index (χ1n) is 8.00. The lowest BCUT2D eigenvalue weighted by Crippen LogP contribution is -2.23. The lowest BCUT2D eigenvalue weighted by atomic mass is 10.2. The van der Waals surface area contributed by atoms with E-state index in [1.54, 1.807) is 6.07 Å². The average Bonchev–Trinajstić information content (AvgIpc) is 3.11. The summed E-state index contributed by atoms with van der Waals surface area (Å²) in [5, 5.41) is 5.76. The van der Waals surface area contributed by atoms with E-state index in [4.69, 9.17) is 0 Å². The zero-order valence-electron chi connectivity index (χ0n) is 13.9. The van der Waals surface area contributed by atoms with Crippen molar-refractivity contribution < 1.29 is 13.6 Å². The summed E-state index contributed by atoms with van der Waals surface area (Å²) in [4.78, 5) is 16.7. The van der Waals surface area contributed by atoms with E-state index in [1.807, 2.05) is 35.7 Å². The number of amides is 1. The molecule has 0 aliphatic heterocycles. The first kappa shape index (κ1) is 18.0. The number of hydrogen-bond donors (Lipinski definition) is 1. The van der Waals surface area contributed by atoms with Crippen molar-refractivity contribution in [2.75, 3.05) is 18.5 Å². The maximum absolute atomic E-state index is 13.3. The standard InChI is InChI=1S/C19H17F2N3OS/c20-8-9-24(13-25)11-14-4-6-17(7-5-14)22-19-23-18(12-26-19)15-2-1-3-16(21)10-15/h1-7,10,12-13H,8-9,11H2,(H,22,23). The van der Waals surface area contributed by atoms with Crippen LogP contribution in [0.5, 0.6) is 0 Å². The van der Waals surface area contributed by atoms with Gasteiger partial charge in [0.05, 0.1) is 5.69 Å². The third-order valence-electron chi connectivity index (χ3n) is 3.74. The van der Waals surface area contributed by atoms with Gasteiger partial charge in [0.25, 0.3) is 0 Å². The van der Waals surface area contributed by atoms with Crippen molar-refractivity contribution in [2.24, 2.45) is 0 Å². The molecule has 4 nitrogen and oxygen atoms in total. The number of rotatable bonds is 8. The largest absolute Gasteiger partial charge is 0.338 e. The molecular formula is C19H17F2N3OS. The summed E-state index contributed by atoms with van der Waals surface area (Å²) >= 11 is 1.43. The van der Waals surface area contributed by atoms with E-state index < -0.39 is 6.67 Å². The van der Waals surface area contributed by atoms with Gasteiger partial charge in [0.1, 0.15) is 12.5 Å². The number of aromatic nitrogens is 1. The molecule has 3 aromatic rings. The Morgan fingerprint density at radius 1 is 1.19 bits per heavy atom. The Morgan fingerprint density at radius 3 is 2.69 bits per heavy atom. The molecule has 0 radical (unpaired) electrons. The maximum atomic E-state index is 13.3. The number of carbonyl (C=O) groups excluding carboxylic acids is 1. The molecule has 0 bridgehead atoms. The summed E-state index contributed by atoms with van der Waals surface area (Å²) in [7, 11) is 0. The van der Waals surface area contributed by atoms with Gasteiger partial charge in [0, 0.05) is 29.7 Å². The van der Waals surface area contributed by atoms with Gasteiger partial charge >= 0.3 is 0 Å². The monoisotopic (exact) mass is 373 g/mol. The van der Waals surface area contributed by atoms with Crippen molar-refractivity contribution in [3.8, 4) is 11.3 Å². The van der Waals surface area contributed by atoms with Gasteiger partial charge in [-0.3, -0.25) is 4.79 Å². The Hall–Kier alpha value is -2.80. The van der Waals surface area contributed by atoms with Crippen molar-refractivity contribution in [1.29, 1.82) is 0 Å². The molecule has 0 aliphatic rings. The van der Waals surface area contributed by atoms with Gasteiger partial charge in [-0.2, -0.15) is 0 Å². The molecule has 0 saturated heterocycles. The molecule has 26 heavy (non-hydrogen) atoms. The summed E-state index contributed by atoms with van der Waals surface area (Å²) in [6.07, 6.45) is 0.648. The van der Waals surface area contributed by atoms with Crippen LogP contribution in [0.25, 0.3) is 11.3 Å². The normalized spacial score (nSPS) is 10.5. The molecule has 0 fully saturated rings. The van der Waals surface area contributed by atoms with E-state index in [9.17, 15) is 13.6 Å². The summed E-state index contributed by atoms with van der Waals surface area (Å²) in [5.41, 5.74) is 3.20. The highest BCUT2D eigenvalue weighted by atomic mass is 32.1. The first-order valence-corrected chi connectivity index (χ1v) is 8.88. The topological polar surface area (TPSA) is 45.2 Å². The molecule has 0 unspecified atom stereocenters. The third-order valence-corrected chi connectivity index (χ3v) is 4.49. The number of carbonyl (C=O) groups is 1. The van der Waals surface area contributed by atoms with Crippen molar-refractivity contribution in [1.82, 2.24) is 9.88 Å². The molecule has 3 rings (SSSR count). The second-order valence-corrected chi connectivity index (χ2v) is 6.49.